The Balaban J connectivity index is 0.000000502. The van der Waals surface area contributed by atoms with Gasteiger partial charge in [-0.1, -0.05) is 41.4 Å². The molecule has 0 saturated heterocycles. The van der Waals surface area contributed by atoms with Gasteiger partial charge in [-0.2, -0.15) is 28.1 Å². The SMILES string of the molecule is COC(=O)c1cc(Oc2ccc(Cl)cc2Cl)ccc1[N+](=O)[O-].COc1nc(C)nc(NC(=O)NS(=O)(=O)c2ccccc2CCC(F)(F)F)n1.C[S+](C)C.O=C(O)CNCP(=O)([O-])O. The first-order chi connectivity index (χ1) is 29.6. The van der Waals surface area contributed by atoms with Crippen molar-refractivity contribution in [1.29, 1.82) is 0 Å². The Morgan fingerprint density at radius 1 is 1.00 bits per heavy atom. The number of carbonyl (C=O) groups excluding carboxylic acids is 2. The monoisotopic (exact) mass is 1010 g/mol. The Bertz CT molecular complexity index is 2400. The largest absolute Gasteiger partial charge is 0.778 e. The summed E-state index contributed by atoms with van der Waals surface area (Å²) in [5, 5.41) is 23.7. The Morgan fingerprint density at radius 3 is 2.16 bits per heavy atom. The van der Waals surface area contributed by atoms with Crippen molar-refractivity contribution in [3.8, 4) is 17.5 Å². The number of hydrogen-bond donors (Lipinski definition) is 5. The number of nitro groups is 1. The molecule has 3 aromatic carbocycles. The van der Waals surface area contributed by atoms with Gasteiger partial charge < -0.3 is 33.7 Å². The Labute approximate surface area is 376 Å². The topological polar surface area (TPSA) is 312 Å². The van der Waals surface area contributed by atoms with Crippen LogP contribution >= 0.6 is 30.8 Å². The number of carboxylic acid groups (broad SMARTS) is 1. The van der Waals surface area contributed by atoms with Crippen molar-refractivity contribution in [1.82, 2.24) is 25.0 Å². The van der Waals surface area contributed by atoms with Gasteiger partial charge in [-0.05, 0) is 60.1 Å². The molecule has 64 heavy (non-hydrogen) atoms. The number of alkyl halides is 3. The number of benzene rings is 3. The van der Waals surface area contributed by atoms with Crippen LogP contribution in [-0.2, 0) is 41.4 Å². The van der Waals surface area contributed by atoms with Crippen LogP contribution in [0.1, 0.15) is 28.2 Å². The van der Waals surface area contributed by atoms with E-state index in [0.717, 1.165) is 19.2 Å². The van der Waals surface area contributed by atoms with E-state index in [-0.39, 0.29) is 45.4 Å². The number of carboxylic acids is 1. The van der Waals surface area contributed by atoms with E-state index < -0.39 is 77.3 Å². The van der Waals surface area contributed by atoms with E-state index in [1.54, 1.807) is 16.9 Å². The lowest BCUT2D eigenvalue weighted by atomic mass is 10.1. The van der Waals surface area contributed by atoms with E-state index in [1.807, 2.05) is 5.32 Å². The molecule has 0 bridgehead atoms. The van der Waals surface area contributed by atoms with Crippen molar-refractivity contribution in [2.75, 3.05) is 51.1 Å². The second-order valence-corrected chi connectivity index (χ2v) is 19.0. The number of aryl methyl sites for hydroxylation is 2. The van der Waals surface area contributed by atoms with Crippen molar-refractivity contribution in [3.05, 3.63) is 97.8 Å². The third-order valence-electron chi connectivity index (χ3n) is 6.58. The first-order valence-corrected chi connectivity index (χ1v) is 23.7. The van der Waals surface area contributed by atoms with Crippen molar-refractivity contribution >= 4 is 81.3 Å². The molecule has 0 aliphatic heterocycles. The zero-order valence-electron chi connectivity index (χ0n) is 34.3. The maximum atomic E-state index is 12.5. The molecule has 29 heteroatoms. The van der Waals surface area contributed by atoms with Crippen LogP contribution < -0.4 is 29.7 Å². The standard InChI is InChI=1S/C15H16F3N5O4S.C14H9Cl2NO5.C3H8NO5P.C3H9S/c1-9-19-12(22-14(20-9)27-2)21-13(24)23-28(25,26)11-6-4-3-5-10(11)7-8-15(16,17)18;1-21-14(18)10-7-9(3-4-12(10)17(19)20)22-13-5-2-8(15)6-11(13)16;5-3(6)1-4-2-10(7,8)9;1-4(2)3/h3-6H,7-8H2,1-2H3,(H2,19,20,21,22,23,24);2-7H,1H3;4H,1-2H2,(H,5,6)(H2,7,8,9);1-3H3/q;;;+1/p-1. The average Bonchev–Trinajstić information content (AvgIpc) is 3.16. The highest BCUT2D eigenvalue weighted by atomic mass is 35.5. The minimum Gasteiger partial charge on any atom is -0.778 e. The number of amides is 2. The predicted molar refractivity (Wildman–Crippen MR) is 228 cm³/mol. The number of hydrogen-bond acceptors (Lipinski definition) is 16. The molecule has 352 valence electrons. The Morgan fingerprint density at radius 2 is 1.62 bits per heavy atom. The maximum absolute atomic E-state index is 12.5. The minimum atomic E-state index is -4.45. The highest BCUT2D eigenvalue weighted by Gasteiger charge is 2.29. The summed E-state index contributed by atoms with van der Waals surface area (Å²) >= 11 is 11.8. The van der Waals surface area contributed by atoms with Gasteiger partial charge in [-0.25, -0.2) is 22.7 Å². The molecular weight excluding hydrogens is 965 g/mol. The van der Waals surface area contributed by atoms with Crippen molar-refractivity contribution in [2.45, 2.75) is 30.8 Å². The first kappa shape index (κ1) is 56.7. The number of aromatic nitrogens is 3. The number of esters is 1. The molecular formula is C35H41Cl2F3N7O14PS2. The molecule has 0 radical (unpaired) electrons. The zero-order valence-corrected chi connectivity index (χ0v) is 38.4. The molecule has 1 heterocycles. The van der Waals surface area contributed by atoms with E-state index in [9.17, 15) is 55.5 Å². The molecule has 0 aliphatic carbocycles. The van der Waals surface area contributed by atoms with E-state index in [1.165, 1.54) is 50.4 Å². The van der Waals surface area contributed by atoms with Crippen LogP contribution in [0.25, 0.3) is 0 Å². The molecule has 2 amide bonds. The molecule has 1 unspecified atom stereocenters. The first-order valence-electron chi connectivity index (χ1n) is 17.3. The molecule has 0 saturated carbocycles. The van der Waals surface area contributed by atoms with Gasteiger partial charge in [0.2, 0.25) is 5.95 Å². The lowest BCUT2D eigenvalue weighted by molar-refractivity contribution is -0.385. The predicted octanol–water partition coefficient (Wildman–Crippen LogP) is 5.33. The number of nitrogens with one attached hydrogen (secondary N) is 3. The number of nitro benzene ring substituents is 1. The Kier molecular flexibility index (Phi) is 23.4. The Hall–Kier alpha value is -5.34. The van der Waals surface area contributed by atoms with Gasteiger partial charge in [-0.3, -0.25) is 25.5 Å². The quantitative estimate of drug-likeness (QED) is 0.0350. The van der Waals surface area contributed by atoms with E-state index in [0.29, 0.717) is 21.7 Å². The normalized spacial score (nSPS) is 11.7. The number of aliphatic carboxylic acids is 1. The molecule has 4 aromatic rings. The molecule has 0 spiro atoms. The number of rotatable bonds is 14. The van der Waals surface area contributed by atoms with Gasteiger partial charge in [0.05, 0.1) is 60.7 Å². The van der Waals surface area contributed by atoms with Crippen LogP contribution in [0.3, 0.4) is 0 Å². The number of carbonyl (C=O) groups is 3. The molecule has 0 fully saturated rings. The number of methoxy groups -OCH3 is 2. The summed E-state index contributed by atoms with van der Waals surface area (Å²) < 4.78 is 88.8. The lowest BCUT2D eigenvalue weighted by Gasteiger charge is -2.14. The number of urea groups is 1. The summed E-state index contributed by atoms with van der Waals surface area (Å²) in [5.74, 6) is -1.55. The number of halogens is 5. The lowest BCUT2D eigenvalue weighted by Crippen LogP contribution is -2.35. The number of anilines is 1. The van der Waals surface area contributed by atoms with Crippen LogP contribution in [0.5, 0.6) is 17.5 Å². The highest BCUT2D eigenvalue weighted by Crippen LogP contribution is 2.34. The molecule has 4 rings (SSSR count). The molecule has 5 N–H and O–H groups in total. The van der Waals surface area contributed by atoms with Gasteiger partial charge >= 0.3 is 30.2 Å². The summed E-state index contributed by atoms with van der Waals surface area (Å²) in [4.78, 5) is 72.6. The average molecular weight is 1010 g/mol. The van der Waals surface area contributed by atoms with E-state index >= 15 is 0 Å². The smallest absolute Gasteiger partial charge is 0.389 e. The van der Waals surface area contributed by atoms with Crippen molar-refractivity contribution < 1.29 is 74.6 Å². The number of nitrogens with zero attached hydrogens (tertiary/aromatic N) is 4. The molecule has 1 aromatic heterocycles. The van der Waals surface area contributed by atoms with Gasteiger partial charge in [0.15, 0.2) is 0 Å². The molecule has 1 atom stereocenters. The molecule has 21 nitrogen and oxygen atoms in total. The fraction of sp³-hybridized carbons (Fsp3) is 0.314. The number of sulfonamides is 1. The molecule has 0 aliphatic rings. The third-order valence-corrected chi connectivity index (χ3v) is 9.17. The highest BCUT2D eigenvalue weighted by molar-refractivity contribution is 7.94. The summed E-state index contributed by atoms with van der Waals surface area (Å²) in [6, 6.07) is 12.2. The van der Waals surface area contributed by atoms with Gasteiger partial charge in [-0.15, -0.1) is 0 Å². The summed E-state index contributed by atoms with van der Waals surface area (Å²) in [6.07, 6.45) is -0.321. The third kappa shape index (κ3) is 22.8. The summed E-state index contributed by atoms with van der Waals surface area (Å²) in [6.45, 7) is 1.02. The van der Waals surface area contributed by atoms with Crippen LogP contribution in [0.4, 0.5) is 29.6 Å². The van der Waals surface area contributed by atoms with Gasteiger partial charge in [0.25, 0.3) is 15.7 Å². The van der Waals surface area contributed by atoms with Gasteiger partial charge in [0, 0.05) is 23.6 Å². The van der Waals surface area contributed by atoms with Crippen LogP contribution in [0, 0.1) is 17.0 Å². The van der Waals surface area contributed by atoms with E-state index in [4.69, 9.17) is 42.7 Å². The zero-order chi connectivity index (χ0) is 49.0. The van der Waals surface area contributed by atoms with Gasteiger partial charge in [0.1, 0.15) is 30.5 Å². The fourth-order valence-electron chi connectivity index (χ4n) is 4.16. The minimum absolute atomic E-state index is 0.0715. The fourth-order valence-corrected chi connectivity index (χ4v) is 6.18. The van der Waals surface area contributed by atoms with E-state index in [2.05, 4.69) is 43.8 Å². The number of ether oxygens (including phenoxy) is 3. The summed E-state index contributed by atoms with van der Waals surface area (Å²) in [7, 11) is -5.72. The van der Waals surface area contributed by atoms with Crippen LogP contribution in [0.15, 0.2) is 65.6 Å². The second-order valence-electron chi connectivity index (χ2n) is 12.4. The van der Waals surface area contributed by atoms with Crippen molar-refractivity contribution in [3.63, 3.8) is 0 Å². The maximum Gasteiger partial charge on any atom is 0.389 e. The second kappa shape index (κ2) is 26.4. The van der Waals surface area contributed by atoms with Crippen molar-refractivity contribution in [2.24, 2.45) is 0 Å². The van der Waals surface area contributed by atoms with Crippen LogP contribution in [-0.4, -0.2) is 108 Å². The summed E-state index contributed by atoms with van der Waals surface area (Å²) in [5.41, 5.74) is -0.658. The van der Waals surface area contributed by atoms with Crippen LogP contribution in [0.2, 0.25) is 10.0 Å².